The van der Waals surface area contributed by atoms with Crippen LogP contribution in [0, 0.1) is 5.92 Å². The molecular formula is C19H28N2O3S. The molecule has 2 heterocycles. The molecule has 2 saturated heterocycles. The molecule has 2 aliphatic rings. The maximum absolute atomic E-state index is 13.0. The number of Topliss-reactive ketones (excluding diaryl/α,β-unsaturated/α-hetero) is 1. The van der Waals surface area contributed by atoms with Crippen LogP contribution in [0.4, 0.5) is 0 Å². The molecule has 138 valence electrons. The number of carbonyl (C=O) groups excluding carboxylic acids is 1. The summed E-state index contributed by atoms with van der Waals surface area (Å²) in [6, 6.07) is 9.70. The van der Waals surface area contributed by atoms with Crippen molar-refractivity contribution in [1.29, 1.82) is 0 Å². The average Bonchev–Trinajstić information content (AvgIpc) is 2.93. The van der Waals surface area contributed by atoms with Gasteiger partial charge in [0.2, 0.25) is 0 Å². The predicted octanol–water partition coefficient (Wildman–Crippen LogP) is 2.63. The second kappa shape index (κ2) is 8.43. The van der Waals surface area contributed by atoms with Gasteiger partial charge in [-0.05, 0) is 31.2 Å². The molecule has 1 aromatic carbocycles. The molecule has 6 heteroatoms. The van der Waals surface area contributed by atoms with Gasteiger partial charge in [0.05, 0.1) is 0 Å². The van der Waals surface area contributed by atoms with Crippen LogP contribution in [0.15, 0.2) is 30.3 Å². The molecule has 3 rings (SSSR count). The minimum absolute atomic E-state index is 0.155. The summed E-state index contributed by atoms with van der Waals surface area (Å²) in [7, 11) is -3.43. The highest BCUT2D eigenvalue weighted by Gasteiger charge is 2.35. The number of hydrogen-bond acceptors (Lipinski definition) is 3. The van der Waals surface area contributed by atoms with Crippen LogP contribution >= 0.6 is 0 Å². The van der Waals surface area contributed by atoms with Gasteiger partial charge in [-0.3, -0.25) is 4.79 Å². The Hall–Kier alpha value is -1.24. The van der Waals surface area contributed by atoms with Gasteiger partial charge in [-0.15, -0.1) is 0 Å². The molecule has 1 atom stereocenters. The van der Waals surface area contributed by atoms with Crippen LogP contribution in [-0.2, 0) is 21.4 Å². The Morgan fingerprint density at radius 2 is 1.56 bits per heavy atom. The van der Waals surface area contributed by atoms with Gasteiger partial charge in [0.25, 0.3) is 10.2 Å². The van der Waals surface area contributed by atoms with E-state index in [0.717, 1.165) is 44.1 Å². The van der Waals surface area contributed by atoms with Crippen molar-refractivity contribution in [2.24, 2.45) is 5.92 Å². The van der Waals surface area contributed by atoms with Crippen molar-refractivity contribution in [1.82, 2.24) is 8.61 Å². The van der Waals surface area contributed by atoms with Gasteiger partial charge in [-0.25, -0.2) is 0 Å². The molecule has 1 aromatic rings. The molecule has 0 radical (unpaired) electrons. The number of rotatable bonds is 5. The third-order valence-corrected chi connectivity index (χ3v) is 7.28. The first-order chi connectivity index (χ1) is 12.1. The standard InChI is InChI=1S/C19H28N2O3S/c22-19(15-17-9-4-3-5-10-17)18-11-8-14-21(16-18)25(23,24)20-12-6-1-2-7-13-20/h3-5,9-10,18H,1-2,6-8,11-16H2. The van der Waals surface area contributed by atoms with Gasteiger partial charge >= 0.3 is 0 Å². The molecule has 0 saturated carbocycles. The highest BCUT2D eigenvalue weighted by molar-refractivity contribution is 7.86. The molecule has 2 fully saturated rings. The molecule has 0 amide bonds. The van der Waals surface area contributed by atoms with Gasteiger partial charge in [-0.2, -0.15) is 17.0 Å². The fourth-order valence-corrected chi connectivity index (χ4v) is 5.57. The van der Waals surface area contributed by atoms with Crippen molar-refractivity contribution < 1.29 is 13.2 Å². The van der Waals surface area contributed by atoms with E-state index in [1.54, 1.807) is 8.61 Å². The number of piperidine rings is 1. The monoisotopic (exact) mass is 364 g/mol. The molecule has 0 bridgehead atoms. The lowest BCUT2D eigenvalue weighted by Gasteiger charge is -2.34. The van der Waals surface area contributed by atoms with Crippen LogP contribution in [0.3, 0.4) is 0 Å². The topological polar surface area (TPSA) is 57.7 Å². The molecule has 1 unspecified atom stereocenters. The van der Waals surface area contributed by atoms with E-state index in [0.29, 0.717) is 32.6 Å². The van der Waals surface area contributed by atoms with E-state index in [9.17, 15) is 13.2 Å². The number of hydrogen-bond donors (Lipinski definition) is 0. The molecule has 0 N–H and O–H groups in total. The highest BCUT2D eigenvalue weighted by atomic mass is 32.2. The first kappa shape index (κ1) is 18.5. The predicted molar refractivity (Wildman–Crippen MR) is 98.4 cm³/mol. The van der Waals surface area contributed by atoms with Crippen molar-refractivity contribution in [3.63, 3.8) is 0 Å². The number of nitrogens with zero attached hydrogens (tertiary/aromatic N) is 2. The van der Waals surface area contributed by atoms with Crippen molar-refractivity contribution in [3.8, 4) is 0 Å². The fourth-order valence-electron chi connectivity index (χ4n) is 3.79. The number of benzene rings is 1. The summed E-state index contributed by atoms with van der Waals surface area (Å²) >= 11 is 0. The minimum Gasteiger partial charge on any atom is -0.299 e. The van der Waals surface area contributed by atoms with Crippen LogP contribution < -0.4 is 0 Å². The second-order valence-corrected chi connectivity index (χ2v) is 9.08. The lowest BCUT2D eigenvalue weighted by molar-refractivity contribution is -0.123. The van der Waals surface area contributed by atoms with E-state index in [-0.39, 0.29) is 11.7 Å². The van der Waals surface area contributed by atoms with Gasteiger partial charge in [0.15, 0.2) is 0 Å². The summed E-state index contributed by atoms with van der Waals surface area (Å²) in [5, 5.41) is 0. The third-order valence-electron chi connectivity index (χ3n) is 5.28. The van der Waals surface area contributed by atoms with Gasteiger partial charge < -0.3 is 0 Å². The van der Waals surface area contributed by atoms with E-state index >= 15 is 0 Å². The zero-order valence-corrected chi connectivity index (χ0v) is 15.6. The average molecular weight is 365 g/mol. The SMILES string of the molecule is O=C(Cc1ccccc1)C1CCCN(S(=O)(=O)N2CCCCCC2)C1. The van der Waals surface area contributed by atoms with E-state index in [1.807, 2.05) is 30.3 Å². The van der Waals surface area contributed by atoms with Crippen LogP contribution in [0.2, 0.25) is 0 Å². The Kier molecular flexibility index (Phi) is 6.25. The molecule has 0 spiro atoms. The van der Waals surface area contributed by atoms with Crippen molar-refractivity contribution >= 4 is 16.0 Å². The molecule has 2 aliphatic heterocycles. The Bertz CT molecular complexity index is 667. The van der Waals surface area contributed by atoms with Crippen molar-refractivity contribution in [2.45, 2.75) is 44.9 Å². The Labute approximate surface area is 151 Å². The number of ketones is 1. The van der Waals surface area contributed by atoms with Gasteiger partial charge in [-0.1, -0.05) is 43.2 Å². The lowest BCUT2D eigenvalue weighted by atomic mass is 9.91. The normalized spacial score (nSPS) is 23.9. The van der Waals surface area contributed by atoms with E-state index < -0.39 is 10.2 Å². The Morgan fingerprint density at radius 3 is 2.24 bits per heavy atom. The highest BCUT2D eigenvalue weighted by Crippen LogP contribution is 2.24. The minimum atomic E-state index is -3.43. The van der Waals surface area contributed by atoms with Crippen molar-refractivity contribution in [3.05, 3.63) is 35.9 Å². The Morgan fingerprint density at radius 1 is 0.920 bits per heavy atom. The summed E-state index contributed by atoms with van der Waals surface area (Å²) in [6.07, 6.45) is 6.01. The lowest BCUT2D eigenvalue weighted by Crippen LogP contribution is -2.49. The molecule has 5 nitrogen and oxygen atoms in total. The van der Waals surface area contributed by atoms with Crippen LogP contribution in [-0.4, -0.2) is 49.0 Å². The first-order valence-electron chi connectivity index (χ1n) is 9.39. The molecule has 0 aromatic heterocycles. The zero-order valence-electron chi connectivity index (χ0n) is 14.8. The summed E-state index contributed by atoms with van der Waals surface area (Å²) in [5.41, 5.74) is 1.000. The summed E-state index contributed by atoms with van der Waals surface area (Å²) < 4.78 is 29.1. The first-order valence-corrected chi connectivity index (χ1v) is 10.8. The van der Waals surface area contributed by atoms with Gasteiger partial charge in [0, 0.05) is 38.5 Å². The molecule has 25 heavy (non-hydrogen) atoms. The van der Waals surface area contributed by atoms with Crippen LogP contribution in [0.25, 0.3) is 0 Å². The second-order valence-electron chi connectivity index (χ2n) is 7.15. The van der Waals surface area contributed by atoms with Crippen LogP contribution in [0.1, 0.15) is 44.1 Å². The largest absolute Gasteiger partial charge is 0.299 e. The molecule has 0 aliphatic carbocycles. The van der Waals surface area contributed by atoms with Crippen LogP contribution in [0.5, 0.6) is 0 Å². The van der Waals surface area contributed by atoms with E-state index in [2.05, 4.69) is 0 Å². The van der Waals surface area contributed by atoms with Crippen molar-refractivity contribution in [2.75, 3.05) is 26.2 Å². The maximum atomic E-state index is 13.0. The summed E-state index contributed by atoms with van der Waals surface area (Å²) in [5.74, 6) is -0.0299. The maximum Gasteiger partial charge on any atom is 0.281 e. The number of carbonyl (C=O) groups is 1. The van der Waals surface area contributed by atoms with E-state index in [1.165, 1.54) is 0 Å². The third kappa shape index (κ3) is 4.68. The zero-order chi connectivity index (χ0) is 17.7. The smallest absolute Gasteiger partial charge is 0.281 e. The van der Waals surface area contributed by atoms with Gasteiger partial charge in [0.1, 0.15) is 5.78 Å². The summed E-state index contributed by atoms with van der Waals surface area (Å²) in [4.78, 5) is 12.6. The quantitative estimate of drug-likeness (QED) is 0.807. The Balaban J connectivity index is 1.64. The fraction of sp³-hybridized carbons (Fsp3) is 0.632. The van der Waals surface area contributed by atoms with E-state index in [4.69, 9.17) is 0 Å². The summed E-state index contributed by atoms with van der Waals surface area (Å²) in [6.45, 7) is 2.10. The molecular weight excluding hydrogens is 336 g/mol.